The van der Waals surface area contributed by atoms with E-state index in [0.717, 1.165) is 19.4 Å². The van der Waals surface area contributed by atoms with E-state index in [2.05, 4.69) is 27.8 Å². The predicted octanol–water partition coefficient (Wildman–Crippen LogP) is 0.642. The van der Waals surface area contributed by atoms with Crippen LogP contribution in [0.3, 0.4) is 0 Å². The highest BCUT2D eigenvalue weighted by Gasteiger charge is 2.02. The van der Waals surface area contributed by atoms with Crippen molar-refractivity contribution < 1.29 is 4.79 Å². The molecule has 0 atom stereocenters. The van der Waals surface area contributed by atoms with E-state index in [0.29, 0.717) is 17.7 Å². The third-order valence-corrected chi connectivity index (χ3v) is 2.25. The summed E-state index contributed by atoms with van der Waals surface area (Å²) in [7, 11) is 0. The molecule has 1 heterocycles. The second-order valence-corrected chi connectivity index (χ2v) is 3.55. The van der Waals surface area contributed by atoms with E-state index in [1.807, 2.05) is 0 Å². The molecule has 1 aromatic heterocycles. The van der Waals surface area contributed by atoms with Crippen LogP contribution in [0.5, 0.6) is 0 Å². The first-order valence-electron chi connectivity index (χ1n) is 4.98. The third-order valence-electron chi connectivity index (χ3n) is 1.95. The third kappa shape index (κ3) is 4.20. The summed E-state index contributed by atoms with van der Waals surface area (Å²) in [6.07, 6.45) is 2.48. The number of aryl methyl sites for hydroxylation is 1. The predicted molar refractivity (Wildman–Crippen MR) is 57.7 cm³/mol. The summed E-state index contributed by atoms with van der Waals surface area (Å²) in [5.41, 5.74) is 0. The number of aromatic amines is 1. The molecule has 0 saturated heterocycles. The van der Waals surface area contributed by atoms with Crippen molar-refractivity contribution in [2.24, 2.45) is 0 Å². The molecule has 7 heteroatoms. The Balaban J connectivity index is 2.23. The lowest BCUT2D eigenvalue weighted by Crippen LogP contribution is -2.25. The van der Waals surface area contributed by atoms with Crippen molar-refractivity contribution in [1.29, 1.82) is 0 Å². The topological polar surface area (TPSA) is 75.6 Å². The maximum Gasteiger partial charge on any atom is 0.238 e. The Morgan fingerprint density at radius 1 is 1.67 bits per heavy atom. The van der Waals surface area contributed by atoms with Gasteiger partial charge in [-0.1, -0.05) is 23.7 Å². The van der Waals surface area contributed by atoms with Crippen LogP contribution in [0.15, 0.2) is 0 Å². The van der Waals surface area contributed by atoms with Crippen LogP contribution >= 0.6 is 12.2 Å². The van der Waals surface area contributed by atoms with Gasteiger partial charge in [0.2, 0.25) is 10.7 Å². The Kier molecular flexibility index (Phi) is 4.96. The quantitative estimate of drug-likeness (QED) is 0.554. The van der Waals surface area contributed by atoms with Crippen LogP contribution in [-0.4, -0.2) is 32.7 Å². The molecule has 1 aromatic rings. The van der Waals surface area contributed by atoms with Gasteiger partial charge in [0.15, 0.2) is 0 Å². The Morgan fingerprint density at radius 3 is 3.07 bits per heavy atom. The molecule has 0 radical (unpaired) electrons. The first-order chi connectivity index (χ1) is 7.24. The highest BCUT2D eigenvalue weighted by molar-refractivity contribution is 7.71. The maximum atomic E-state index is 11.3. The molecule has 0 fully saturated rings. The molecule has 15 heavy (non-hydrogen) atoms. The van der Waals surface area contributed by atoms with Crippen molar-refractivity contribution in [2.45, 2.75) is 32.7 Å². The zero-order chi connectivity index (χ0) is 11.1. The second kappa shape index (κ2) is 6.28. The fourth-order valence-corrected chi connectivity index (χ4v) is 1.24. The van der Waals surface area contributed by atoms with Crippen LogP contribution in [0, 0.1) is 4.77 Å². The van der Waals surface area contributed by atoms with Crippen LogP contribution in [0.2, 0.25) is 0 Å². The molecule has 0 spiro atoms. The van der Waals surface area contributed by atoms with Gasteiger partial charge in [0, 0.05) is 13.0 Å². The van der Waals surface area contributed by atoms with Gasteiger partial charge in [0.05, 0.1) is 6.54 Å². The molecule has 0 aromatic carbocycles. The molecule has 0 aliphatic heterocycles. The number of H-pyrrole nitrogens is 1. The SMILES string of the molecule is CCCCNC(=O)CCn1[nH]nnc1=S. The van der Waals surface area contributed by atoms with Gasteiger partial charge in [-0.15, -0.1) is 0 Å². The number of aromatic nitrogens is 4. The maximum absolute atomic E-state index is 11.3. The van der Waals surface area contributed by atoms with Gasteiger partial charge in [-0.3, -0.25) is 4.79 Å². The van der Waals surface area contributed by atoms with Crippen molar-refractivity contribution >= 4 is 18.1 Å². The minimum Gasteiger partial charge on any atom is -0.356 e. The van der Waals surface area contributed by atoms with E-state index in [-0.39, 0.29) is 5.91 Å². The van der Waals surface area contributed by atoms with Gasteiger partial charge in [-0.25, -0.2) is 4.68 Å². The van der Waals surface area contributed by atoms with E-state index < -0.39 is 0 Å². The summed E-state index contributed by atoms with van der Waals surface area (Å²) in [5.74, 6) is 0.0277. The molecule has 0 aliphatic carbocycles. The van der Waals surface area contributed by atoms with Crippen LogP contribution in [0.1, 0.15) is 26.2 Å². The molecule has 2 N–H and O–H groups in total. The zero-order valence-corrected chi connectivity index (χ0v) is 9.51. The molecule has 0 bridgehead atoms. The highest BCUT2D eigenvalue weighted by atomic mass is 32.1. The lowest BCUT2D eigenvalue weighted by molar-refractivity contribution is -0.121. The number of unbranched alkanes of at least 4 members (excludes halogenated alkanes) is 1. The van der Waals surface area contributed by atoms with Gasteiger partial charge in [0.25, 0.3) is 0 Å². The molecular formula is C8H15N5OS. The number of rotatable bonds is 6. The lowest BCUT2D eigenvalue weighted by Gasteiger charge is -2.03. The van der Waals surface area contributed by atoms with Crippen LogP contribution in [-0.2, 0) is 11.3 Å². The summed E-state index contributed by atoms with van der Waals surface area (Å²) in [6.45, 7) is 3.31. The largest absolute Gasteiger partial charge is 0.356 e. The smallest absolute Gasteiger partial charge is 0.238 e. The number of carbonyl (C=O) groups excluding carboxylic acids is 1. The molecule has 1 rings (SSSR count). The molecule has 1 amide bonds. The van der Waals surface area contributed by atoms with Crippen LogP contribution in [0.25, 0.3) is 0 Å². The number of carbonyl (C=O) groups is 1. The van der Waals surface area contributed by atoms with Gasteiger partial charge in [-0.2, -0.15) is 5.21 Å². The highest BCUT2D eigenvalue weighted by Crippen LogP contribution is 1.90. The molecule has 0 aliphatic rings. The van der Waals surface area contributed by atoms with E-state index in [9.17, 15) is 4.79 Å². The number of tetrazole rings is 1. The monoisotopic (exact) mass is 229 g/mol. The standard InChI is InChI=1S/C8H15N5OS/c1-2-3-5-9-7(14)4-6-13-8(15)10-11-12-13/h2-6H2,1H3,(H,9,14)(H,10,12,15). The summed E-state index contributed by atoms with van der Waals surface area (Å²) in [6, 6.07) is 0. The van der Waals surface area contributed by atoms with E-state index in [4.69, 9.17) is 12.2 Å². The summed E-state index contributed by atoms with van der Waals surface area (Å²) >= 11 is 4.87. The van der Waals surface area contributed by atoms with Crippen molar-refractivity contribution in [3.63, 3.8) is 0 Å². The first kappa shape index (κ1) is 11.8. The number of hydrogen-bond donors (Lipinski definition) is 2. The van der Waals surface area contributed by atoms with Gasteiger partial charge < -0.3 is 5.32 Å². The Hall–Kier alpha value is -1.24. The van der Waals surface area contributed by atoms with Crippen molar-refractivity contribution in [1.82, 2.24) is 25.5 Å². The molecule has 84 valence electrons. The van der Waals surface area contributed by atoms with Crippen molar-refractivity contribution in [2.75, 3.05) is 6.54 Å². The number of nitrogens with zero attached hydrogens (tertiary/aromatic N) is 3. The molecule has 0 unspecified atom stereocenters. The molecule has 0 saturated carbocycles. The van der Waals surface area contributed by atoms with E-state index in [1.54, 1.807) is 4.68 Å². The summed E-state index contributed by atoms with van der Waals surface area (Å²) in [4.78, 5) is 11.3. The van der Waals surface area contributed by atoms with Crippen LogP contribution < -0.4 is 5.32 Å². The molecular weight excluding hydrogens is 214 g/mol. The molecule has 6 nitrogen and oxygen atoms in total. The van der Waals surface area contributed by atoms with Gasteiger partial charge >= 0.3 is 0 Å². The van der Waals surface area contributed by atoms with Crippen molar-refractivity contribution in [3.05, 3.63) is 4.77 Å². The average molecular weight is 229 g/mol. The lowest BCUT2D eigenvalue weighted by atomic mass is 10.3. The fraction of sp³-hybridized carbons (Fsp3) is 0.750. The minimum atomic E-state index is 0.0277. The van der Waals surface area contributed by atoms with Crippen LogP contribution in [0.4, 0.5) is 0 Å². The summed E-state index contributed by atoms with van der Waals surface area (Å²) in [5, 5.41) is 12.6. The Labute approximate surface area is 93.0 Å². The second-order valence-electron chi connectivity index (χ2n) is 3.19. The first-order valence-corrected chi connectivity index (χ1v) is 5.39. The Bertz CT molecular complexity index is 358. The van der Waals surface area contributed by atoms with E-state index in [1.165, 1.54) is 0 Å². The zero-order valence-electron chi connectivity index (χ0n) is 8.69. The fourth-order valence-electron chi connectivity index (χ4n) is 1.07. The van der Waals surface area contributed by atoms with Gasteiger partial charge in [-0.05, 0) is 18.6 Å². The minimum absolute atomic E-state index is 0.0277. The summed E-state index contributed by atoms with van der Waals surface area (Å²) < 4.78 is 1.94. The number of hydrogen-bond acceptors (Lipinski definition) is 4. The normalized spacial score (nSPS) is 10.2. The number of amides is 1. The average Bonchev–Trinajstić information content (AvgIpc) is 2.61. The van der Waals surface area contributed by atoms with E-state index >= 15 is 0 Å². The van der Waals surface area contributed by atoms with Gasteiger partial charge in [0.1, 0.15) is 0 Å². The Morgan fingerprint density at radius 2 is 2.47 bits per heavy atom. The van der Waals surface area contributed by atoms with Crippen molar-refractivity contribution in [3.8, 4) is 0 Å². The number of nitrogens with one attached hydrogen (secondary N) is 2.